The van der Waals surface area contributed by atoms with E-state index in [1.54, 1.807) is 23.6 Å². The first kappa shape index (κ1) is 18.6. The lowest BCUT2D eigenvalue weighted by atomic mass is 10.0. The van der Waals surface area contributed by atoms with Gasteiger partial charge in [-0.05, 0) is 49.1 Å². The van der Waals surface area contributed by atoms with Crippen LogP contribution in [-0.2, 0) is 4.74 Å². The minimum atomic E-state index is 0.242. The number of aryl methyl sites for hydroxylation is 1. The zero-order valence-electron chi connectivity index (χ0n) is 16.0. The molecule has 3 aromatic heterocycles. The molecule has 4 heterocycles. The van der Waals surface area contributed by atoms with Gasteiger partial charge in [0, 0.05) is 34.8 Å². The van der Waals surface area contributed by atoms with Gasteiger partial charge >= 0.3 is 0 Å². The predicted molar refractivity (Wildman–Crippen MR) is 116 cm³/mol. The Labute approximate surface area is 168 Å². The van der Waals surface area contributed by atoms with Gasteiger partial charge in [-0.15, -0.1) is 11.3 Å². The highest BCUT2D eigenvalue weighted by molar-refractivity contribution is 7.13. The van der Waals surface area contributed by atoms with Gasteiger partial charge in [0.25, 0.3) is 0 Å². The van der Waals surface area contributed by atoms with Crippen LogP contribution >= 0.6 is 11.3 Å². The van der Waals surface area contributed by atoms with Gasteiger partial charge in [0.1, 0.15) is 17.0 Å². The Morgan fingerprint density at radius 2 is 2.29 bits per heavy atom. The number of morpholine rings is 1. The first-order chi connectivity index (χ1) is 13.6. The van der Waals surface area contributed by atoms with E-state index in [-0.39, 0.29) is 6.04 Å². The topological polar surface area (TPSA) is 88.1 Å². The molecule has 144 valence electrons. The van der Waals surface area contributed by atoms with Gasteiger partial charge in [-0.3, -0.25) is 4.98 Å². The average molecular weight is 394 g/mol. The Morgan fingerprint density at radius 3 is 3.00 bits per heavy atom. The number of nitrogens with two attached hydrogens (primary N) is 1. The molecule has 0 radical (unpaired) electrons. The molecule has 1 aliphatic heterocycles. The van der Waals surface area contributed by atoms with Crippen molar-refractivity contribution in [2.45, 2.75) is 19.9 Å². The molecule has 0 aromatic carbocycles. The molecule has 1 atom stereocenters. The van der Waals surface area contributed by atoms with Gasteiger partial charge in [0.05, 0.1) is 25.0 Å². The quantitative estimate of drug-likeness (QED) is 0.658. The summed E-state index contributed by atoms with van der Waals surface area (Å²) >= 11 is 1.72. The number of thiophene rings is 1. The van der Waals surface area contributed by atoms with Crippen LogP contribution in [0.25, 0.3) is 27.0 Å². The van der Waals surface area contributed by atoms with Crippen molar-refractivity contribution < 1.29 is 4.74 Å². The predicted octanol–water partition coefficient (Wildman–Crippen LogP) is 3.84. The molecule has 0 unspecified atom stereocenters. The molecule has 0 amide bonds. The molecule has 0 spiro atoms. The number of hydrogen-bond donors (Lipinski definition) is 2. The van der Waals surface area contributed by atoms with Gasteiger partial charge in [-0.1, -0.05) is 0 Å². The van der Waals surface area contributed by atoms with E-state index in [9.17, 15) is 0 Å². The van der Waals surface area contributed by atoms with Crippen LogP contribution in [0.1, 0.15) is 18.2 Å². The zero-order valence-corrected chi connectivity index (χ0v) is 16.8. The van der Waals surface area contributed by atoms with Crippen LogP contribution in [0.3, 0.4) is 0 Å². The molecule has 0 saturated carbocycles. The van der Waals surface area contributed by atoms with Gasteiger partial charge in [-0.25, -0.2) is 4.98 Å². The number of rotatable bonds is 4. The number of fused-ring (bicyclic) bond motifs is 1. The van der Waals surface area contributed by atoms with Crippen molar-refractivity contribution in [3.05, 3.63) is 47.1 Å². The first-order valence-corrected chi connectivity index (χ1v) is 10.1. The minimum absolute atomic E-state index is 0.242. The van der Waals surface area contributed by atoms with Crippen LogP contribution in [-0.4, -0.2) is 42.0 Å². The maximum Gasteiger partial charge on any atom is 0.130 e. The second-order valence-corrected chi connectivity index (χ2v) is 7.89. The number of aromatic nitrogens is 2. The van der Waals surface area contributed by atoms with Crippen molar-refractivity contribution in [2.75, 3.05) is 24.7 Å². The van der Waals surface area contributed by atoms with E-state index in [4.69, 9.17) is 20.9 Å². The molecular weight excluding hydrogens is 370 g/mol. The smallest absolute Gasteiger partial charge is 0.130 e. The monoisotopic (exact) mass is 393 g/mol. The molecule has 4 rings (SSSR count). The maximum atomic E-state index is 7.35. The molecule has 1 fully saturated rings. The van der Waals surface area contributed by atoms with Crippen molar-refractivity contribution in [2.24, 2.45) is 5.73 Å². The van der Waals surface area contributed by atoms with E-state index < -0.39 is 0 Å². The fraction of sp³-hybridized carbons (Fsp3) is 0.286. The summed E-state index contributed by atoms with van der Waals surface area (Å²) in [5, 5.41) is 10.5. The summed E-state index contributed by atoms with van der Waals surface area (Å²) in [6.07, 6.45) is 4.47. The fourth-order valence-corrected chi connectivity index (χ4v) is 4.44. The summed E-state index contributed by atoms with van der Waals surface area (Å²) < 4.78 is 5.60. The fourth-order valence-electron chi connectivity index (χ4n) is 3.51. The van der Waals surface area contributed by atoms with E-state index in [1.807, 2.05) is 6.07 Å². The van der Waals surface area contributed by atoms with Gasteiger partial charge in [0.2, 0.25) is 0 Å². The third-order valence-corrected chi connectivity index (χ3v) is 5.99. The molecule has 1 aliphatic rings. The lowest BCUT2D eigenvalue weighted by Crippen LogP contribution is -2.44. The standard InChI is InChI=1S/C21H23N5OS/c1-13-9-18(28-12-13)16-10-19(26-7-8-27-11-14(26)2)25-20-15(16)4-6-24-21(20)17(23)3-5-22/h3-6,9-10,12,14,22H,7-8,11,23H2,1-2H3/b17-3-,22-5?/t14-/m1/s1. The Morgan fingerprint density at radius 1 is 1.43 bits per heavy atom. The van der Waals surface area contributed by atoms with Gasteiger partial charge in [-0.2, -0.15) is 0 Å². The van der Waals surface area contributed by atoms with Crippen molar-refractivity contribution in [1.29, 1.82) is 5.41 Å². The molecule has 0 aliphatic carbocycles. The van der Waals surface area contributed by atoms with Crippen molar-refractivity contribution in [3.8, 4) is 10.4 Å². The second kappa shape index (κ2) is 7.69. The Kier molecular flexibility index (Phi) is 5.11. The lowest BCUT2D eigenvalue weighted by molar-refractivity contribution is 0.0986. The number of allylic oxidation sites excluding steroid dienone is 1. The largest absolute Gasteiger partial charge is 0.397 e. The maximum absolute atomic E-state index is 7.35. The van der Waals surface area contributed by atoms with Crippen LogP contribution < -0.4 is 10.6 Å². The highest BCUT2D eigenvalue weighted by Gasteiger charge is 2.23. The third kappa shape index (κ3) is 3.39. The van der Waals surface area contributed by atoms with E-state index in [1.165, 1.54) is 16.7 Å². The Hall–Kier alpha value is -2.77. The number of hydrogen-bond acceptors (Lipinski definition) is 7. The number of anilines is 1. The van der Waals surface area contributed by atoms with Crippen LogP contribution in [0, 0.1) is 12.3 Å². The molecule has 0 bridgehead atoms. The zero-order chi connectivity index (χ0) is 19.7. The highest BCUT2D eigenvalue weighted by atomic mass is 32.1. The Bertz CT molecular complexity index is 1060. The SMILES string of the molecule is Cc1csc(-c2cc(N3CCOC[C@H]3C)nc3c(/C(N)=C/C=N)nccc23)c1. The summed E-state index contributed by atoms with van der Waals surface area (Å²) in [6.45, 7) is 6.42. The molecule has 7 heteroatoms. The summed E-state index contributed by atoms with van der Waals surface area (Å²) in [5.74, 6) is 0.904. The number of nitrogens with zero attached hydrogens (tertiary/aromatic N) is 3. The summed E-state index contributed by atoms with van der Waals surface area (Å²) in [4.78, 5) is 12.9. The normalized spacial score (nSPS) is 17.9. The van der Waals surface area contributed by atoms with Crippen LogP contribution in [0.5, 0.6) is 0 Å². The summed E-state index contributed by atoms with van der Waals surface area (Å²) in [5.41, 5.74) is 10.4. The molecule has 28 heavy (non-hydrogen) atoms. The van der Waals surface area contributed by atoms with Crippen LogP contribution in [0.4, 0.5) is 5.82 Å². The first-order valence-electron chi connectivity index (χ1n) is 9.24. The summed E-state index contributed by atoms with van der Waals surface area (Å²) in [6, 6.07) is 6.59. The van der Waals surface area contributed by atoms with Gasteiger partial charge < -0.3 is 20.8 Å². The lowest BCUT2D eigenvalue weighted by Gasteiger charge is -2.34. The van der Waals surface area contributed by atoms with E-state index >= 15 is 0 Å². The molecule has 3 N–H and O–H groups in total. The third-order valence-electron chi connectivity index (χ3n) is 4.91. The molecule has 3 aromatic rings. The molecular formula is C21H23N5OS. The summed E-state index contributed by atoms with van der Waals surface area (Å²) in [7, 11) is 0. The Balaban J connectivity index is 1.99. The van der Waals surface area contributed by atoms with Crippen LogP contribution in [0.15, 0.2) is 35.9 Å². The molecule has 6 nitrogen and oxygen atoms in total. The number of nitrogens with one attached hydrogen (secondary N) is 1. The average Bonchev–Trinajstić information content (AvgIpc) is 3.13. The number of pyridine rings is 2. The van der Waals surface area contributed by atoms with Crippen molar-refractivity contribution in [3.63, 3.8) is 0 Å². The minimum Gasteiger partial charge on any atom is -0.397 e. The van der Waals surface area contributed by atoms with Gasteiger partial charge in [0.15, 0.2) is 0 Å². The molecule has 1 saturated heterocycles. The second-order valence-electron chi connectivity index (χ2n) is 6.98. The van der Waals surface area contributed by atoms with E-state index in [0.717, 1.165) is 28.8 Å². The van der Waals surface area contributed by atoms with Crippen LogP contribution in [0.2, 0.25) is 0 Å². The van der Waals surface area contributed by atoms with E-state index in [2.05, 4.69) is 41.2 Å². The van der Waals surface area contributed by atoms with Crippen molar-refractivity contribution >= 4 is 40.0 Å². The van der Waals surface area contributed by atoms with Crippen molar-refractivity contribution in [1.82, 2.24) is 9.97 Å². The highest BCUT2D eigenvalue weighted by Crippen LogP contribution is 2.37. The number of ether oxygens (including phenoxy) is 1. The van der Waals surface area contributed by atoms with E-state index in [0.29, 0.717) is 24.6 Å².